The summed E-state index contributed by atoms with van der Waals surface area (Å²) in [5.41, 5.74) is 5.74. The van der Waals surface area contributed by atoms with Crippen molar-refractivity contribution in [3.05, 3.63) is 12.7 Å². The Labute approximate surface area is 85.3 Å². The summed E-state index contributed by atoms with van der Waals surface area (Å²) >= 11 is 2.05. The molecule has 1 saturated heterocycles. The molecule has 0 aromatic carbocycles. The maximum atomic E-state index is 5.74. The lowest BCUT2D eigenvalue weighted by molar-refractivity contribution is 0.392. The SMILES string of the molecule is C=CCCNC(CN)C1CCSC1. The summed E-state index contributed by atoms with van der Waals surface area (Å²) in [7, 11) is 0. The highest BCUT2D eigenvalue weighted by molar-refractivity contribution is 7.99. The minimum absolute atomic E-state index is 0.523. The quantitative estimate of drug-likeness (QED) is 0.500. The van der Waals surface area contributed by atoms with Crippen molar-refractivity contribution in [1.82, 2.24) is 5.32 Å². The van der Waals surface area contributed by atoms with Crippen molar-refractivity contribution in [1.29, 1.82) is 0 Å². The fourth-order valence-corrected chi connectivity index (χ4v) is 3.02. The second kappa shape index (κ2) is 6.46. The summed E-state index contributed by atoms with van der Waals surface area (Å²) in [5, 5.41) is 3.50. The summed E-state index contributed by atoms with van der Waals surface area (Å²) in [5.74, 6) is 3.38. The molecule has 2 atom stereocenters. The molecule has 2 nitrogen and oxygen atoms in total. The van der Waals surface area contributed by atoms with Crippen molar-refractivity contribution >= 4 is 11.8 Å². The van der Waals surface area contributed by atoms with Crippen LogP contribution in [-0.2, 0) is 0 Å². The summed E-state index contributed by atoms with van der Waals surface area (Å²) in [6.07, 6.45) is 4.31. The Morgan fingerprint density at radius 3 is 3.08 bits per heavy atom. The zero-order valence-corrected chi connectivity index (χ0v) is 8.98. The van der Waals surface area contributed by atoms with Crippen molar-refractivity contribution in [2.45, 2.75) is 18.9 Å². The third kappa shape index (κ3) is 3.71. The third-order valence-corrected chi connectivity index (χ3v) is 3.73. The largest absolute Gasteiger partial charge is 0.329 e. The molecule has 1 aliphatic heterocycles. The molecule has 0 aromatic heterocycles. The molecule has 3 N–H and O–H groups in total. The Balaban J connectivity index is 2.20. The normalized spacial score (nSPS) is 24.5. The van der Waals surface area contributed by atoms with E-state index in [1.54, 1.807) is 0 Å². The molecule has 0 radical (unpaired) electrons. The molecule has 1 fully saturated rings. The van der Waals surface area contributed by atoms with E-state index in [4.69, 9.17) is 5.73 Å². The molecule has 3 heteroatoms. The number of rotatable bonds is 6. The molecule has 0 bridgehead atoms. The fraction of sp³-hybridized carbons (Fsp3) is 0.800. The molecule has 0 spiro atoms. The fourth-order valence-electron chi connectivity index (χ4n) is 1.68. The average Bonchev–Trinajstić information content (AvgIpc) is 2.65. The summed E-state index contributed by atoms with van der Waals surface area (Å²) in [6.45, 7) is 5.49. The Bertz CT molecular complexity index is 144. The molecular weight excluding hydrogens is 180 g/mol. The van der Waals surface area contributed by atoms with Gasteiger partial charge < -0.3 is 11.1 Å². The standard InChI is InChI=1S/C10H20N2S/c1-2-3-5-12-10(7-11)9-4-6-13-8-9/h2,9-10,12H,1,3-8,11H2. The number of nitrogens with one attached hydrogen (secondary N) is 1. The van der Waals surface area contributed by atoms with Crippen LogP contribution in [-0.4, -0.2) is 30.6 Å². The van der Waals surface area contributed by atoms with Crippen LogP contribution in [0.5, 0.6) is 0 Å². The molecule has 0 aliphatic carbocycles. The van der Waals surface area contributed by atoms with Crippen LogP contribution in [0, 0.1) is 5.92 Å². The van der Waals surface area contributed by atoms with E-state index in [1.807, 2.05) is 17.8 Å². The predicted octanol–water partition coefficient (Wildman–Crippen LogP) is 1.23. The van der Waals surface area contributed by atoms with Gasteiger partial charge in [-0.15, -0.1) is 6.58 Å². The monoisotopic (exact) mass is 200 g/mol. The van der Waals surface area contributed by atoms with Gasteiger partial charge in [-0.05, 0) is 36.8 Å². The first-order valence-corrected chi connectivity index (χ1v) is 6.16. The molecule has 1 rings (SSSR count). The van der Waals surface area contributed by atoms with Gasteiger partial charge in [0.15, 0.2) is 0 Å². The molecule has 0 amide bonds. The highest BCUT2D eigenvalue weighted by Crippen LogP contribution is 2.25. The van der Waals surface area contributed by atoms with E-state index in [0.717, 1.165) is 25.4 Å². The number of hydrogen-bond donors (Lipinski definition) is 2. The van der Waals surface area contributed by atoms with E-state index in [1.165, 1.54) is 17.9 Å². The Hall–Kier alpha value is 0.0100. The van der Waals surface area contributed by atoms with Crippen LogP contribution in [0.25, 0.3) is 0 Å². The lowest BCUT2D eigenvalue weighted by Gasteiger charge is -2.22. The zero-order valence-electron chi connectivity index (χ0n) is 8.17. The lowest BCUT2D eigenvalue weighted by atomic mass is 9.99. The molecular formula is C10H20N2S. The summed E-state index contributed by atoms with van der Waals surface area (Å²) < 4.78 is 0. The van der Waals surface area contributed by atoms with Gasteiger partial charge in [0.25, 0.3) is 0 Å². The van der Waals surface area contributed by atoms with Gasteiger partial charge in [-0.25, -0.2) is 0 Å². The Morgan fingerprint density at radius 2 is 2.54 bits per heavy atom. The van der Waals surface area contributed by atoms with Crippen molar-refractivity contribution in [2.75, 3.05) is 24.6 Å². The van der Waals surface area contributed by atoms with Crippen LogP contribution >= 0.6 is 11.8 Å². The van der Waals surface area contributed by atoms with Crippen molar-refractivity contribution in [2.24, 2.45) is 11.7 Å². The van der Waals surface area contributed by atoms with Gasteiger partial charge in [-0.2, -0.15) is 11.8 Å². The van der Waals surface area contributed by atoms with E-state index in [-0.39, 0.29) is 0 Å². The van der Waals surface area contributed by atoms with Gasteiger partial charge in [-0.3, -0.25) is 0 Å². The highest BCUT2D eigenvalue weighted by atomic mass is 32.2. The number of nitrogens with two attached hydrogens (primary N) is 1. The maximum absolute atomic E-state index is 5.74. The van der Waals surface area contributed by atoms with Crippen LogP contribution in [0.2, 0.25) is 0 Å². The van der Waals surface area contributed by atoms with E-state index in [9.17, 15) is 0 Å². The van der Waals surface area contributed by atoms with Crippen molar-refractivity contribution in [3.63, 3.8) is 0 Å². The Kier molecular flexibility index (Phi) is 5.51. The first kappa shape index (κ1) is 11.1. The smallest absolute Gasteiger partial charge is 0.0226 e. The Morgan fingerprint density at radius 1 is 1.69 bits per heavy atom. The van der Waals surface area contributed by atoms with E-state index < -0.39 is 0 Å². The highest BCUT2D eigenvalue weighted by Gasteiger charge is 2.23. The first-order valence-electron chi connectivity index (χ1n) is 5.00. The van der Waals surface area contributed by atoms with Gasteiger partial charge in [0, 0.05) is 12.6 Å². The third-order valence-electron chi connectivity index (χ3n) is 2.54. The molecule has 2 unspecified atom stereocenters. The molecule has 1 aliphatic rings. The molecule has 76 valence electrons. The van der Waals surface area contributed by atoms with E-state index >= 15 is 0 Å². The first-order chi connectivity index (χ1) is 6.38. The van der Waals surface area contributed by atoms with Gasteiger partial charge in [0.05, 0.1) is 0 Å². The van der Waals surface area contributed by atoms with Gasteiger partial charge in [-0.1, -0.05) is 6.08 Å². The minimum Gasteiger partial charge on any atom is -0.329 e. The molecule has 0 aromatic rings. The lowest BCUT2D eigenvalue weighted by Crippen LogP contribution is -2.42. The van der Waals surface area contributed by atoms with Gasteiger partial charge in [0.1, 0.15) is 0 Å². The van der Waals surface area contributed by atoms with E-state index in [2.05, 4.69) is 11.9 Å². The van der Waals surface area contributed by atoms with Crippen LogP contribution in [0.4, 0.5) is 0 Å². The predicted molar refractivity (Wildman–Crippen MR) is 61.1 cm³/mol. The van der Waals surface area contributed by atoms with Crippen LogP contribution in [0.15, 0.2) is 12.7 Å². The summed E-state index contributed by atoms with van der Waals surface area (Å²) in [4.78, 5) is 0. The second-order valence-electron chi connectivity index (χ2n) is 3.50. The van der Waals surface area contributed by atoms with Gasteiger partial charge >= 0.3 is 0 Å². The number of hydrogen-bond acceptors (Lipinski definition) is 3. The number of thioether (sulfide) groups is 1. The second-order valence-corrected chi connectivity index (χ2v) is 4.65. The molecule has 13 heavy (non-hydrogen) atoms. The van der Waals surface area contributed by atoms with Crippen LogP contribution in [0.1, 0.15) is 12.8 Å². The zero-order chi connectivity index (χ0) is 9.52. The topological polar surface area (TPSA) is 38.0 Å². The van der Waals surface area contributed by atoms with Crippen LogP contribution < -0.4 is 11.1 Å². The van der Waals surface area contributed by atoms with E-state index in [0.29, 0.717) is 6.04 Å². The van der Waals surface area contributed by atoms with Gasteiger partial charge in [0.2, 0.25) is 0 Å². The van der Waals surface area contributed by atoms with Crippen LogP contribution in [0.3, 0.4) is 0 Å². The minimum atomic E-state index is 0.523. The maximum Gasteiger partial charge on any atom is 0.0226 e. The molecule has 1 heterocycles. The average molecular weight is 200 g/mol. The molecule has 0 saturated carbocycles. The summed E-state index contributed by atoms with van der Waals surface area (Å²) in [6, 6.07) is 0.523. The van der Waals surface area contributed by atoms with Crippen molar-refractivity contribution in [3.8, 4) is 0 Å². The van der Waals surface area contributed by atoms with Crippen molar-refractivity contribution < 1.29 is 0 Å².